The number of nitrogens with one attached hydrogen (secondary N) is 1. The van der Waals surface area contributed by atoms with E-state index in [1.165, 1.54) is 0 Å². The van der Waals surface area contributed by atoms with E-state index in [2.05, 4.69) is 9.97 Å². The van der Waals surface area contributed by atoms with Crippen LogP contribution in [0.5, 0.6) is 0 Å². The molecular weight excluding hydrogens is 186 g/mol. The fraction of sp³-hybridized carbons (Fsp3) is 0.333. The molecular formula is C6H6F2N2OS. The molecule has 0 atom stereocenters. The third kappa shape index (κ3) is 1.63. The van der Waals surface area contributed by atoms with Crippen molar-refractivity contribution in [3.05, 3.63) is 21.9 Å². The highest BCUT2D eigenvalue weighted by Gasteiger charge is 2.09. The standard InChI is InChI=1S/C6H6F2N2OS/c1-12-6-9-3(2-7)4(8)5(11)10-6/h2H2,1H3,(H,9,10,11). The molecule has 0 spiro atoms. The second-order valence-electron chi connectivity index (χ2n) is 1.97. The molecule has 1 aromatic rings. The van der Waals surface area contributed by atoms with E-state index >= 15 is 0 Å². The van der Waals surface area contributed by atoms with E-state index < -0.39 is 23.7 Å². The summed E-state index contributed by atoms with van der Waals surface area (Å²) in [6.45, 7) is -1.07. The Hall–Kier alpha value is -0.910. The summed E-state index contributed by atoms with van der Waals surface area (Å²) in [5, 5.41) is 0.217. The number of H-pyrrole nitrogens is 1. The molecule has 0 unspecified atom stereocenters. The summed E-state index contributed by atoms with van der Waals surface area (Å²) in [4.78, 5) is 16.4. The molecule has 0 radical (unpaired) electrons. The van der Waals surface area contributed by atoms with Crippen molar-refractivity contribution < 1.29 is 8.78 Å². The number of thioether (sulfide) groups is 1. The molecule has 0 aromatic carbocycles. The van der Waals surface area contributed by atoms with Gasteiger partial charge < -0.3 is 0 Å². The first-order valence-electron chi connectivity index (χ1n) is 3.07. The van der Waals surface area contributed by atoms with Crippen LogP contribution in [0.15, 0.2) is 9.95 Å². The fourth-order valence-corrected chi connectivity index (χ4v) is 1.06. The van der Waals surface area contributed by atoms with E-state index in [0.29, 0.717) is 0 Å². The zero-order valence-corrected chi connectivity index (χ0v) is 7.04. The number of halogens is 2. The lowest BCUT2D eigenvalue weighted by atomic mass is 10.4. The van der Waals surface area contributed by atoms with Gasteiger partial charge in [-0.3, -0.25) is 9.78 Å². The lowest BCUT2D eigenvalue weighted by molar-refractivity contribution is 0.442. The minimum atomic E-state index is -1.14. The quantitative estimate of drug-likeness (QED) is 0.563. The van der Waals surface area contributed by atoms with Gasteiger partial charge in [0.05, 0.1) is 0 Å². The highest BCUT2D eigenvalue weighted by molar-refractivity contribution is 7.98. The van der Waals surface area contributed by atoms with Gasteiger partial charge in [-0.05, 0) is 6.26 Å². The second-order valence-corrected chi connectivity index (χ2v) is 2.76. The van der Waals surface area contributed by atoms with E-state index in [1.54, 1.807) is 6.26 Å². The van der Waals surface area contributed by atoms with Crippen LogP contribution in [-0.2, 0) is 6.67 Å². The van der Waals surface area contributed by atoms with Crippen molar-refractivity contribution in [2.75, 3.05) is 6.26 Å². The number of hydrogen-bond donors (Lipinski definition) is 1. The SMILES string of the molecule is CSc1nc(CF)c(F)c(=O)[nH]1. The molecule has 66 valence electrons. The number of hydrogen-bond acceptors (Lipinski definition) is 3. The van der Waals surface area contributed by atoms with Gasteiger partial charge in [0.2, 0.25) is 5.82 Å². The summed E-state index contributed by atoms with van der Waals surface area (Å²) in [5.41, 5.74) is -1.37. The average Bonchev–Trinajstić information content (AvgIpc) is 2.09. The maximum absolute atomic E-state index is 12.7. The molecule has 3 nitrogen and oxygen atoms in total. The number of alkyl halides is 1. The Morgan fingerprint density at radius 2 is 2.33 bits per heavy atom. The molecule has 0 fully saturated rings. The number of aromatic nitrogens is 2. The Bertz CT molecular complexity index is 339. The largest absolute Gasteiger partial charge is 0.299 e. The average molecular weight is 192 g/mol. The number of nitrogens with zero attached hydrogens (tertiary/aromatic N) is 1. The maximum Gasteiger partial charge on any atom is 0.287 e. The van der Waals surface area contributed by atoms with Crippen molar-refractivity contribution in [2.24, 2.45) is 0 Å². The molecule has 0 aliphatic rings. The lowest BCUT2D eigenvalue weighted by Gasteiger charge is -1.98. The topological polar surface area (TPSA) is 45.8 Å². The minimum Gasteiger partial charge on any atom is -0.299 e. The molecule has 12 heavy (non-hydrogen) atoms. The van der Waals surface area contributed by atoms with Crippen LogP contribution in [-0.4, -0.2) is 16.2 Å². The molecule has 0 aliphatic carbocycles. The first-order chi connectivity index (χ1) is 5.69. The fourth-order valence-electron chi connectivity index (χ4n) is 0.668. The number of aromatic amines is 1. The van der Waals surface area contributed by atoms with Crippen molar-refractivity contribution in [2.45, 2.75) is 11.8 Å². The van der Waals surface area contributed by atoms with Gasteiger partial charge in [0.25, 0.3) is 5.56 Å². The van der Waals surface area contributed by atoms with E-state index in [1.807, 2.05) is 0 Å². The molecule has 6 heteroatoms. The Morgan fingerprint density at radius 3 is 2.83 bits per heavy atom. The van der Waals surface area contributed by atoms with Gasteiger partial charge in [0.1, 0.15) is 12.4 Å². The van der Waals surface area contributed by atoms with Crippen molar-refractivity contribution in [1.82, 2.24) is 9.97 Å². The molecule has 0 saturated carbocycles. The van der Waals surface area contributed by atoms with Crippen LogP contribution < -0.4 is 5.56 Å². The minimum absolute atomic E-state index is 0.217. The van der Waals surface area contributed by atoms with Crippen LogP contribution in [0.1, 0.15) is 5.69 Å². The third-order valence-corrected chi connectivity index (χ3v) is 1.81. The van der Waals surface area contributed by atoms with Crippen LogP contribution >= 0.6 is 11.8 Å². The predicted molar refractivity (Wildman–Crippen MR) is 41.4 cm³/mol. The van der Waals surface area contributed by atoms with Crippen molar-refractivity contribution in [3.63, 3.8) is 0 Å². The molecule has 1 aromatic heterocycles. The first kappa shape index (κ1) is 9.18. The molecule has 1 heterocycles. The van der Waals surface area contributed by atoms with Crippen LogP contribution in [0, 0.1) is 5.82 Å². The monoisotopic (exact) mass is 192 g/mol. The second kappa shape index (κ2) is 3.66. The first-order valence-corrected chi connectivity index (χ1v) is 4.30. The van der Waals surface area contributed by atoms with E-state index in [0.717, 1.165) is 11.8 Å². The number of rotatable bonds is 2. The Morgan fingerprint density at radius 1 is 1.67 bits per heavy atom. The normalized spacial score (nSPS) is 10.2. The Kier molecular flexibility index (Phi) is 2.80. The van der Waals surface area contributed by atoms with Gasteiger partial charge in [0, 0.05) is 0 Å². The van der Waals surface area contributed by atoms with Gasteiger partial charge in [-0.1, -0.05) is 11.8 Å². The summed E-state index contributed by atoms with van der Waals surface area (Å²) in [6.07, 6.45) is 1.65. The van der Waals surface area contributed by atoms with Gasteiger partial charge in [-0.2, -0.15) is 4.39 Å². The summed E-state index contributed by atoms with van der Waals surface area (Å²) in [5.74, 6) is -1.14. The highest BCUT2D eigenvalue weighted by atomic mass is 32.2. The molecule has 0 aliphatic heterocycles. The molecule has 0 saturated heterocycles. The summed E-state index contributed by atoms with van der Waals surface area (Å²) in [7, 11) is 0. The molecule has 0 amide bonds. The Labute approximate surface area is 71.2 Å². The van der Waals surface area contributed by atoms with E-state index in [9.17, 15) is 13.6 Å². The summed E-state index contributed by atoms with van der Waals surface area (Å²) >= 11 is 1.12. The smallest absolute Gasteiger partial charge is 0.287 e. The van der Waals surface area contributed by atoms with Crippen molar-refractivity contribution >= 4 is 11.8 Å². The van der Waals surface area contributed by atoms with Crippen LogP contribution in [0.3, 0.4) is 0 Å². The Balaban J connectivity index is 3.29. The van der Waals surface area contributed by atoms with Crippen LogP contribution in [0.4, 0.5) is 8.78 Å². The summed E-state index contributed by atoms with van der Waals surface area (Å²) in [6, 6.07) is 0. The van der Waals surface area contributed by atoms with Gasteiger partial charge in [-0.25, -0.2) is 9.37 Å². The van der Waals surface area contributed by atoms with Crippen LogP contribution in [0.2, 0.25) is 0 Å². The maximum atomic E-state index is 12.7. The van der Waals surface area contributed by atoms with Crippen molar-refractivity contribution in [1.29, 1.82) is 0 Å². The predicted octanol–water partition coefficient (Wildman–Crippen LogP) is 1.10. The van der Waals surface area contributed by atoms with E-state index in [4.69, 9.17) is 0 Å². The van der Waals surface area contributed by atoms with Crippen LogP contribution in [0.25, 0.3) is 0 Å². The zero-order valence-electron chi connectivity index (χ0n) is 6.23. The molecule has 0 bridgehead atoms. The van der Waals surface area contributed by atoms with Gasteiger partial charge in [-0.15, -0.1) is 0 Å². The van der Waals surface area contributed by atoms with Gasteiger partial charge in [0.15, 0.2) is 5.16 Å². The summed E-state index contributed by atoms with van der Waals surface area (Å²) < 4.78 is 24.7. The molecule has 1 rings (SSSR count). The zero-order chi connectivity index (χ0) is 9.14. The molecule has 1 N–H and O–H groups in total. The third-order valence-electron chi connectivity index (χ3n) is 1.23. The lowest BCUT2D eigenvalue weighted by Crippen LogP contribution is -2.16. The van der Waals surface area contributed by atoms with E-state index in [-0.39, 0.29) is 5.16 Å². The highest BCUT2D eigenvalue weighted by Crippen LogP contribution is 2.08. The van der Waals surface area contributed by atoms with Gasteiger partial charge >= 0.3 is 0 Å². The van der Waals surface area contributed by atoms with Crippen molar-refractivity contribution in [3.8, 4) is 0 Å².